The van der Waals surface area contributed by atoms with Gasteiger partial charge in [-0.05, 0) is 19.8 Å². The zero-order valence-electron chi connectivity index (χ0n) is 7.50. The van der Waals surface area contributed by atoms with E-state index in [1.807, 2.05) is 4.90 Å². The molecule has 0 aromatic carbocycles. The Morgan fingerprint density at radius 1 is 1.55 bits per heavy atom. The molecule has 0 saturated carbocycles. The molecular weight excluding hydrogens is 140 g/mol. The molecule has 1 fully saturated rings. The fourth-order valence-electron chi connectivity index (χ4n) is 1.47. The van der Waals surface area contributed by atoms with Crippen molar-refractivity contribution in [1.29, 1.82) is 0 Å². The zero-order valence-corrected chi connectivity index (χ0v) is 7.50. The first-order valence-electron chi connectivity index (χ1n) is 4.11. The van der Waals surface area contributed by atoms with Gasteiger partial charge in [-0.1, -0.05) is 0 Å². The van der Waals surface area contributed by atoms with E-state index in [4.69, 9.17) is 0 Å². The smallest absolute Gasteiger partial charge is 0.319 e. The van der Waals surface area contributed by atoms with Crippen molar-refractivity contribution in [3.05, 3.63) is 0 Å². The van der Waals surface area contributed by atoms with Crippen LogP contribution >= 0.6 is 0 Å². The molecule has 1 rings (SSSR count). The zero-order chi connectivity index (χ0) is 8.43. The number of rotatable bonds is 0. The number of hydrogen-bond acceptors (Lipinski definition) is 1. The van der Waals surface area contributed by atoms with E-state index in [0.29, 0.717) is 6.04 Å². The number of amides is 2. The molecule has 11 heavy (non-hydrogen) atoms. The highest BCUT2D eigenvalue weighted by molar-refractivity contribution is 5.74. The van der Waals surface area contributed by atoms with Crippen LogP contribution in [0.25, 0.3) is 0 Å². The molecule has 0 unspecified atom stereocenters. The number of urea groups is 1. The Hall–Kier alpha value is -0.730. The molecule has 1 aliphatic heterocycles. The van der Waals surface area contributed by atoms with Crippen molar-refractivity contribution >= 4 is 6.03 Å². The van der Waals surface area contributed by atoms with Crippen molar-refractivity contribution in [3.8, 4) is 0 Å². The number of hydrogen-bond donors (Lipinski definition) is 0. The van der Waals surface area contributed by atoms with Crippen molar-refractivity contribution in [3.63, 3.8) is 0 Å². The number of likely N-dealkylation sites (tertiary alicyclic amines) is 1. The second-order valence-corrected chi connectivity index (χ2v) is 3.36. The predicted molar refractivity (Wildman–Crippen MR) is 44.5 cm³/mol. The molecule has 0 radical (unpaired) electrons. The highest BCUT2D eigenvalue weighted by Crippen LogP contribution is 2.17. The molecule has 1 aliphatic rings. The van der Waals surface area contributed by atoms with Crippen LogP contribution in [0.3, 0.4) is 0 Å². The SMILES string of the molecule is C[C@@H]1CCCN1C(=O)N(C)C. The van der Waals surface area contributed by atoms with Gasteiger partial charge in [0.05, 0.1) is 0 Å². The van der Waals surface area contributed by atoms with Crippen molar-refractivity contribution in [1.82, 2.24) is 9.80 Å². The number of nitrogens with zero attached hydrogens (tertiary/aromatic N) is 2. The molecule has 3 heteroatoms. The van der Waals surface area contributed by atoms with Gasteiger partial charge in [0, 0.05) is 26.7 Å². The first-order valence-corrected chi connectivity index (χ1v) is 4.11. The Bertz CT molecular complexity index is 156. The third-order valence-corrected chi connectivity index (χ3v) is 2.18. The maximum absolute atomic E-state index is 11.4. The van der Waals surface area contributed by atoms with Crippen molar-refractivity contribution in [2.24, 2.45) is 0 Å². The van der Waals surface area contributed by atoms with Gasteiger partial charge in [-0.15, -0.1) is 0 Å². The molecule has 0 N–H and O–H groups in total. The summed E-state index contributed by atoms with van der Waals surface area (Å²) in [6, 6.07) is 0.583. The van der Waals surface area contributed by atoms with Crippen LogP contribution in [0, 0.1) is 0 Å². The molecule has 0 bridgehead atoms. The first-order chi connectivity index (χ1) is 5.13. The van der Waals surface area contributed by atoms with Gasteiger partial charge in [0.1, 0.15) is 0 Å². The summed E-state index contributed by atoms with van der Waals surface area (Å²) >= 11 is 0. The second-order valence-electron chi connectivity index (χ2n) is 3.36. The van der Waals surface area contributed by atoms with E-state index in [0.717, 1.165) is 19.4 Å². The predicted octanol–water partition coefficient (Wildman–Crippen LogP) is 1.15. The fourth-order valence-corrected chi connectivity index (χ4v) is 1.47. The fraction of sp³-hybridized carbons (Fsp3) is 0.875. The largest absolute Gasteiger partial charge is 0.331 e. The Labute approximate surface area is 68.0 Å². The van der Waals surface area contributed by atoms with Crippen molar-refractivity contribution in [2.45, 2.75) is 25.8 Å². The van der Waals surface area contributed by atoms with Gasteiger partial charge in [0.25, 0.3) is 0 Å². The Morgan fingerprint density at radius 2 is 2.18 bits per heavy atom. The lowest BCUT2D eigenvalue weighted by Gasteiger charge is -2.25. The molecular formula is C8H16N2O. The van der Waals surface area contributed by atoms with Gasteiger partial charge >= 0.3 is 6.03 Å². The summed E-state index contributed by atoms with van der Waals surface area (Å²) in [5.74, 6) is 0. The molecule has 0 spiro atoms. The molecule has 1 saturated heterocycles. The lowest BCUT2D eigenvalue weighted by molar-refractivity contribution is 0.169. The molecule has 0 aromatic heterocycles. The lowest BCUT2D eigenvalue weighted by Crippen LogP contribution is -2.40. The van der Waals surface area contributed by atoms with E-state index in [1.54, 1.807) is 19.0 Å². The quantitative estimate of drug-likeness (QED) is 0.516. The van der Waals surface area contributed by atoms with E-state index in [1.165, 1.54) is 0 Å². The summed E-state index contributed by atoms with van der Waals surface area (Å²) in [5, 5.41) is 0. The number of carbonyl (C=O) groups excluding carboxylic acids is 1. The summed E-state index contributed by atoms with van der Waals surface area (Å²) in [7, 11) is 3.60. The minimum atomic E-state index is 0.148. The van der Waals surface area contributed by atoms with Crippen molar-refractivity contribution < 1.29 is 4.79 Å². The van der Waals surface area contributed by atoms with Crippen LogP contribution in [0.15, 0.2) is 0 Å². The number of carbonyl (C=O) groups is 1. The molecule has 0 aliphatic carbocycles. The van der Waals surface area contributed by atoms with Gasteiger partial charge in [0.15, 0.2) is 0 Å². The monoisotopic (exact) mass is 156 g/mol. The van der Waals surface area contributed by atoms with Crippen LogP contribution in [0.1, 0.15) is 19.8 Å². The van der Waals surface area contributed by atoms with Crippen LogP contribution in [-0.2, 0) is 0 Å². The maximum Gasteiger partial charge on any atom is 0.319 e. The van der Waals surface area contributed by atoms with Crippen LogP contribution in [0.4, 0.5) is 4.79 Å². The summed E-state index contributed by atoms with van der Waals surface area (Å²) in [4.78, 5) is 15.0. The molecule has 1 heterocycles. The first kappa shape index (κ1) is 8.37. The third-order valence-electron chi connectivity index (χ3n) is 2.18. The molecule has 3 nitrogen and oxygen atoms in total. The van der Waals surface area contributed by atoms with E-state index < -0.39 is 0 Å². The standard InChI is InChI=1S/C8H16N2O/c1-7-5-4-6-10(7)8(11)9(2)3/h7H,4-6H2,1-3H3/t7-/m1/s1. The molecule has 2 amide bonds. The highest BCUT2D eigenvalue weighted by atomic mass is 16.2. The lowest BCUT2D eigenvalue weighted by atomic mass is 10.2. The minimum Gasteiger partial charge on any atom is -0.331 e. The van der Waals surface area contributed by atoms with E-state index in [9.17, 15) is 4.79 Å². The van der Waals surface area contributed by atoms with Gasteiger partial charge in [0.2, 0.25) is 0 Å². The topological polar surface area (TPSA) is 23.6 Å². The average molecular weight is 156 g/mol. The van der Waals surface area contributed by atoms with Gasteiger partial charge < -0.3 is 9.80 Å². The maximum atomic E-state index is 11.4. The van der Waals surface area contributed by atoms with Crippen LogP contribution in [0.5, 0.6) is 0 Å². The summed E-state index contributed by atoms with van der Waals surface area (Å²) < 4.78 is 0. The Morgan fingerprint density at radius 3 is 2.55 bits per heavy atom. The van der Waals surface area contributed by atoms with Crippen molar-refractivity contribution in [2.75, 3.05) is 20.6 Å². The van der Waals surface area contributed by atoms with E-state index in [2.05, 4.69) is 6.92 Å². The molecule has 0 aromatic rings. The third kappa shape index (κ3) is 1.64. The summed E-state index contributed by atoms with van der Waals surface area (Å²) in [6.45, 7) is 3.03. The van der Waals surface area contributed by atoms with Gasteiger partial charge in [-0.2, -0.15) is 0 Å². The highest BCUT2D eigenvalue weighted by Gasteiger charge is 2.25. The summed E-state index contributed by atoms with van der Waals surface area (Å²) in [6.07, 6.45) is 2.31. The van der Waals surface area contributed by atoms with Crippen LogP contribution < -0.4 is 0 Å². The van der Waals surface area contributed by atoms with Gasteiger partial charge in [-0.25, -0.2) is 4.79 Å². The Balaban J connectivity index is 2.53. The molecule has 1 atom stereocenters. The van der Waals surface area contributed by atoms with Crippen LogP contribution in [-0.4, -0.2) is 42.5 Å². The Kier molecular flexibility index (Phi) is 2.37. The van der Waals surface area contributed by atoms with Crippen LogP contribution in [0.2, 0.25) is 0 Å². The van der Waals surface area contributed by atoms with E-state index >= 15 is 0 Å². The average Bonchev–Trinajstić information content (AvgIpc) is 2.33. The van der Waals surface area contributed by atoms with Gasteiger partial charge in [-0.3, -0.25) is 0 Å². The second kappa shape index (κ2) is 3.11. The normalized spacial score (nSPS) is 23.9. The minimum absolute atomic E-state index is 0.148. The molecule has 64 valence electrons. The summed E-state index contributed by atoms with van der Waals surface area (Å²) in [5.41, 5.74) is 0. The van der Waals surface area contributed by atoms with E-state index in [-0.39, 0.29) is 6.03 Å².